The molecule has 0 heterocycles. The van der Waals surface area contributed by atoms with Gasteiger partial charge in [-0.3, -0.25) is 0 Å². The Morgan fingerprint density at radius 1 is 0.500 bits per heavy atom. The quantitative estimate of drug-likeness (QED) is 0.105. The summed E-state index contributed by atoms with van der Waals surface area (Å²) in [7, 11) is 0. The van der Waals surface area contributed by atoms with Crippen LogP contribution in [0.2, 0.25) is 12.6 Å². The summed E-state index contributed by atoms with van der Waals surface area (Å²) in [5.41, 5.74) is 8.63. The van der Waals surface area contributed by atoms with E-state index < -0.39 is 0 Å². The van der Waals surface area contributed by atoms with Crippen molar-refractivity contribution in [2.45, 2.75) is 103 Å². The van der Waals surface area contributed by atoms with E-state index in [0.717, 1.165) is 11.8 Å². The zero-order valence-corrected chi connectivity index (χ0v) is 40.6. The van der Waals surface area contributed by atoms with E-state index in [-0.39, 0.29) is 30.2 Å². The fourth-order valence-electron chi connectivity index (χ4n) is 9.87. The van der Waals surface area contributed by atoms with Gasteiger partial charge in [-0.05, 0) is 69.5 Å². The van der Waals surface area contributed by atoms with Crippen LogP contribution >= 0.6 is 0 Å². The van der Waals surface area contributed by atoms with Crippen molar-refractivity contribution in [2.24, 2.45) is 11.8 Å². The van der Waals surface area contributed by atoms with E-state index >= 15 is 0 Å². The number of benzene rings is 6. The first-order valence-electron chi connectivity index (χ1n) is 22.4. The molecule has 2 aliphatic carbocycles. The van der Waals surface area contributed by atoms with Gasteiger partial charge in [-0.15, -0.1) is 69.1 Å². The Morgan fingerprint density at radius 3 is 1.30 bits per heavy atom. The van der Waals surface area contributed by atoms with Crippen molar-refractivity contribution >= 4 is 48.5 Å². The Labute approximate surface area is 387 Å². The average molecular weight is 923 g/mol. The summed E-state index contributed by atoms with van der Waals surface area (Å²) >= 11 is 1.79. The van der Waals surface area contributed by atoms with Gasteiger partial charge in [0, 0.05) is 0 Å². The van der Waals surface area contributed by atoms with E-state index in [0.29, 0.717) is 0 Å². The van der Waals surface area contributed by atoms with Gasteiger partial charge in [-0.1, -0.05) is 160 Å². The number of rotatable bonds is 8. The summed E-state index contributed by atoms with van der Waals surface area (Å²) in [4.78, 5) is 0. The van der Waals surface area contributed by atoms with Crippen LogP contribution in [0.1, 0.15) is 88.7 Å². The standard InChI is InChI=1S/2C26H25.C4H10Si.2ClH.Zr/c2*1-2-7-19(8-3-1)15-20-16-23-11-6-12-25(26(23)17-20)24-14-13-21-9-4-5-10-22(21)18-24;1-3-4-5-2;;;/h2*4-6,9-14,16-19H,1-3,7-8,15H2;3-4H2,1-2H3;2*1H;/q2*-1;;;;+2/p-2. The second-order valence-electron chi connectivity index (χ2n) is 17.4. The molecule has 0 aliphatic heterocycles. The first-order valence-corrected chi connectivity index (χ1v) is 28.3. The minimum absolute atomic E-state index is 0. The first-order chi connectivity index (χ1) is 28.5. The van der Waals surface area contributed by atoms with Crippen LogP contribution in [-0.4, -0.2) is 5.43 Å². The summed E-state index contributed by atoms with van der Waals surface area (Å²) in [6.07, 6.45) is 18.1. The SMILES string of the molecule is CCC[Si](C)=[Zr+2].[Cl-].[Cl-].c1ccc2cc(-c3cccc4[cH-]c(CC5CCCCC5)cc34)ccc2c1.c1ccc2cc(-c3cccc4[cH-]c(CC5CCCCC5)cc34)ccc2c1. The molecule has 4 heteroatoms. The van der Waals surface area contributed by atoms with Crippen molar-refractivity contribution in [3.8, 4) is 22.3 Å². The molecule has 0 amide bonds. The molecule has 2 fully saturated rings. The normalized spacial score (nSPS) is 14.5. The first kappa shape index (κ1) is 46.2. The molecule has 2 aliphatic rings. The Balaban J connectivity index is 0.000000172. The minimum Gasteiger partial charge on any atom is -1.00 e. The van der Waals surface area contributed by atoms with Crippen molar-refractivity contribution in [1.29, 1.82) is 0 Å². The molecule has 0 nitrogen and oxygen atoms in total. The third-order valence-corrected chi connectivity index (χ3v) is 16.0. The Hall–Kier alpha value is -3.26. The molecule has 60 heavy (non-hydrogen) atoms. The summed E-state index contributed by atoms with van der Waals surface area (Å²) in [6, 6.07) is 55.7. The molecule has 308 valence electrons. The van der Waals surface area contributed by atoms with Gasteiger partial charge in [0.25, 0.3) is 0 Å². The van der Waals surface area contributed by atoms with Gasteiger partial charge in [-0.25, -0.2) is 0 Å². The van der Waals surface area contributed by atoms with E-state index in [1.807, 2.05) is 0 Å². The average Bonchev–Trinajstić information content (AvgIpc) is 3.88. The fourth-order valence-corrected chi connectivity index (χ4v) is 12.5. The van der Waals surface area contributed by atoms with Crippen LogP contribution in [0.15, 0.2) is 146 Å². The number of fused-ring (bicyclic) bond motifs is 4. The molecule has 8 aromatic rings. The summed E-state index contributed by atoms with van der Waals surface area (Å²) in [5, 5.41) is 10.9. The van der Waals surface area contributed by atoms with Gasteiger partial charge >= 0.3 is 54.7 Å². The molecule has 0 unspecified atom stereocenters. The van der Waals surface area contributed by atoms with Gasteiger partial charge in [0.05, 0.1) is 0 Å². The summed E-state index contributed by atoms with van der Waals surface area (Å²) in [5.74, 6) is 1.79. The van der Waals surface area contributed by atoms with Crippen molar-refractivity contribution in [3.63, 3.8) is 0 Å². The van der Waals surface area contributed by atoms with Crippen molar-refractivity contribution in [3.05, 3.63) is 157 Å². The third-order valence-electron chi connectivity index (χ3n) is 12.9. The number of hydrogen-bond acceptors (Lipinski definition) is 0. The predicted molar refractivity (Wildman–Crippen MR) is 252 cm³/mol. The second-order valence-corrected chi connectivity index (χ2v) is 25.8. The maximum atomic E-state index is 2.45. The van der Waals surface area contributed by atoms with Gasteiger partial charge in [0.15, 0.2) is 0 Å². The van der Waals surface area contributed by atoms with Crippen LogP contribution in [0, 0.1) is 11.8 Å². The van der Waals surface area contributed by atoms with Crippen molar-refractivity contribution < 1.29 is 48.1 Å². The predicted octanol–water partition coefficient (Wildman–Crippen LogP) is 10.6. The van der Waals surface area contributed by atoms with Gasteiger partial charge < -0.3 is 24.8 Å². The number of hydrogen-bond donors (Lipinski definition) is 0. The van der Waals surface area contributed by atoms with E-state index in [1.54, 1.807) is 23.3 Å². The molecule has 0 N–H and O–H groups in total. The molecule has 0 radical (unpaired) electrons. The van der Waals surface area contributed by atoms with Crippen LogP contribution in [0.25, 0.3) is 65.3 Å². The van der Waals surface area contributed by atoms with Crippen molar-refractivity contribution in [2.75, 3.05) is 0 Å². The molecule has 0 saturated heterocycles. The van der Waals surface area contributed by atoms with Crippen LogP contribution in [0.4, 0.5) is 0 Å². The van der Waals surface area contributed by atoms with Crippen LogP contribution in [0.3, 0.4) is 0 Å². The Bertz CT molecular complexity index is 2430. The topological polar surface area (TPSA) is 0 Å². The molecular weight excluding hydrogens is 863 g/mol. The number of halogens is 2. The molecule has 0 atom stereocenters. The summed E-state index contributed by atoms with van der Waals surface area (Å²) < 4.78 is 0. The van der Waals surface area contributed by atoms with E-state index in [4.69, 9.17) is 0 Å². The summed E-state index contributed by atoms with van der Waals surface area (Å²) in [6.45, 7) is 4.66. The largest absolute Gasteiger partial charge is 1.00 e. The zero-order chi connectivity index (χ0) is 39.7. The molecule has 2 saturated carbocycles. The molecule has 0 spiro atoms. The monoisotopic (exact) mass is 920 g/mol. The molecule has 8 aromatic carbocycles. The molecule has 10 rings (SSSR count). The van der Waals surface area contributed by atoms with E-state index in [9.17, 15) is 0 Å². The smallest absolute Gasteiger partial charge is 0.0178 e. The maximum Gasteiger partial charge on any atom is -0.0178 e. The van der Waals surface area contributed by atoms with Crippen LogP contribution < -0.4 is 24.8 Å². The maximum absolute atomic E-state index is 2.45. The third kappa shape index (κ3) is 11.8. The second kappa shape index (κ2) is 22.7. The molecule has 0 aromatic heterocycles. The van der Waals surface area contributed by atoms with Crippen LogP contribution in [0.5, 0.6) is 0 Å². The minimum atomic E-state index is 0. The van der Waals surface area contributed by atoms with E-state index in [2.05, 4.69) is 159 Å². The zero-order valence-electron chi connectivity index (χ0n) is 35.7. The van der Waals surface area contributed by atoms with Crippen molar-refractivity contribution in [1.82, 2.24) is 0 Å². The molecular formula is C56H60Cl2SiZr-2. The fraction of sp³-hybridized carbons (Fsp3) is 0.321. The van der Waals surface area contributed by atoms with Gasteiger partial charge in [0.1, 0.15) is 0 Å². The Morgan fingerprint density at radius 2 is 0.917 bits per heavy atom. The van der Waals surface area contributed by atoms with Gasteiger partial charge in [-0.2, -0.15) is 12.1 Å². The molecule has 0 bridgehead atoms. The van der Waals surface area contributed by atoms with E-state index in [1.165, 1.54) is 166 Å². The van der Waals surface area contributed by atoms with Crippen LogP contribution in [-0.2, 0) is 36.2 Å². The Kier molecular flexibility index (Phi) is 17.5. The van der Waals surface area contributed by atoms with Gasteiger partial charge in [0.2, 0.25) is 0 Å².